The van der Waals surface area contributed by atoms with E-state index in [0.717, 1.165) is 0 Å². The summed E-state index contributed by atoms with van der Waals surface area (Å²) in [5.41, 5.74) is 5.66. The minimum absolute atomic E-state index is 0.0227. The van der Waals surface area contributed by atoms with Crippen LogP contribution >= 0.6 is 0 Å². The number of carboxylic acids is 1. The zero-order valence-corrected chi connectivity index (χ0v) is 8.74. The molecule has 0 aromatic rings. The molecule has 16 heavy (non-hydrogen) atoms. The van der Waals surface area contributed by atoms with E-state index in [1.54, 1.807) is 4.90 Å². The van der Waals surface area contributed by atoms with E-state index in [0.29, 0.717) is 25.9 Å². The lowest BCUT2D eigenvalue weighted by Crippen LogP contribution is -2.45. The van der Waals surface area contributed by atoms with E-state index >= 15 is 0 Å². The van der Waals surface area contributed by atoms with E-state index in [-0.39, 0.29) is 12.6 Å². The van der Waals surface area contributed by atoms with Crippen LogP contribution in [-0.4, -0.2) is 52.8 Å². The van der Waals surface area contributed by atoms with Crippen molar-refractivity contribution >= 4 is 5.97 Å². The predicted octanol–water partition coefficient (Wildman–Crippen LogP) is -0.929. The highest BCUT2D eigenvalue weighted by molar-refractivity contribution is 5.75. The first kappa shape index (κ1) is 12.7. The molecule has 2 atom stereocenters. The molecule has 0 radical (unpaired) electrons. The largest absolute Gasteiger partial charge is 0.480 e. The third kappa shape index (κ3) is 3.31. The Labute approximate surface area is 92.1 Å². The van der Waals surface area contributed by atoms with Crippen molar-refractivity contribution in [2.75, 3.05) is 19.7 Å². The first-order valence-corrected chi connectivity index (χ1v) is 5.02. The fraction of sp³-hybridized carbons (Fsp3) is 0.875. The Morgan fingerprint density at radius 2 is 2.38 bits per heavy atom. The lowest BCUT2D eigenvalue weighted by molar-refractivity contribution is -0.757. The third-order valence-corrected chi connectivity index (χ3v) is 2.59. The molecule has 0 aromatic carbocycles. The fourth-order valence-corrected chi connectivity index (χ4v) is 1.88. The van der Waals surface area contributed by atoms with Gasteiger partial charge in [0.15, 0.2) is 0 Å². The van der Waals surface area contributed by atoms with Crippen molar-refractivity contribution in [2.45, 2.75) is 24.9 Å². The van der Waals surface area contributed by atoms with Gasteiger partial charge in [0.2, 0.25) is 0 Å². The van der Waals surface area contributed by atoms with Crippen LogP contribution in [0.4, 0.5) is 0 Å². The Kier molecular flexibility index (Phi) is 4.44. The summed E-state index contributed by atoms with van der Waals surface area (Å²) in [5.74, 6) is -0.944. The summed E-state index contributed by atoms with van der Waals surface area (Å²) in [5, 5.41) is 18.0. The summed E-state index contributed by atoms with van der Waals surface area (Å²) < 4.78 is 0. The summed E-state index contributed by atoms with van der Waals surface area (Å²) >= 11 is 0. The molecule has 1 aliphatic rings. The van der Waals surface area contributed by atoms with Crippen LogP contribution in [0.25, 0.3) is 0 Å². The topological polar surface area (TPSA) is 119 Å². The molecule has 0 amide bonds. The maximum absolute atomic E-state index is 10.9. The lowest BCUT2D eigenvalue weighted by Gasteiger charge is -2.22. The Bertz CT molecular complexity index is 272. The molecule has 92 valence electrons. The van der Waals surface area contributed by atoms with Crippen LogP contribution in [0.1, 0.15) is 12.8 Å². The van der Waals surface area contributed by atoms with Crippen molar-refractivity contribution in [3.63, 3.8) is 0 Å². The Morgan fingerprint density at radius 1 is 1.69 bits per heavy atom. The minimum Gasteiger partial charge on any atom is -0.480 e. The van der Waals surface area contributed by atoms with E-state index in [1.807, 2.05) is 0 Å². The third-order valence-electron chi connectivity index (χ3n) is 2.59. The normalized spacial score (nSPS) is 25.6. The molecule has 1 unspecified atom stereocenters. The van der Waals surface area contributed by atoms with E-state index in [2.05, 4.69) is 4.84 Å². The minimum atomic E-state index is -0.944. The summed E-state index contributed by atoms with van der Waals surface area (Å²) in [6.07, 6.45) is 1.05. The summed E-state index contributed by atoms with van der Waals surface area (Å²) in [6, 6.07) is -1.05. The van der Waals surface area contributed by atoms with Crippen LogP contribution in [-0.2, 0) is 9.63 Å². The molecule has 1 aliphatic heterocycles. The molecule has 0 bridgehead atoms. The van der Waals surface area contributed by atoms with Crippen LogP contribution in [0.3, 0.4) is 0 Å². The highest BCUT2D eigenvalue weighted by Crippen LogP contribution is 2.16. The number of aliphatic carboxylic acids is 1. The van der Waals surface area contributed by atoms with Crippen molar-refractivity contribution in [1.82, 2.24) is 4.90 Å². The summed E-state index contributed by atoms with van der Waals surface area (Å²) in [7, 11) is 0. The summed E-state index contributed by atoms with van der Waals surface area (Å²) in [4.78, 5) is 26.6. The van der Waals surface area contributed by atoms with Crippen molar-refractivity contribution in [1.29, 1.82) is 0 Å². The van der Waals surface area contributed by atoms with Crippen molar-refractivity contribution in [3.05, 3.63) is 10.1 Å². The summed E-state index contributed by atoms with van der Waals surface area (Å²) in [6.45, 7) is 1.03. The molecule has 0 saturated carbocycles. The van der Waals surface area contributed by atoms with E-state index in [1.165, 1.54) is 0 Å². The number of hydrogen-bond acceptors (Lipinski definition) is 6. The van der Waals surface area contributed by atoms with Gasteiger partial charge >= 0.3 is 5.97 Å². The molecule has 1 fully saturated rings. The SMILES string of the molecule is NC1CCN(CCCO[N+](=O)[O-])[C@@H]1C(=O)O. The second kappa shape index (κ2) is 5.61. The van der Waals surface area contributed by atoms with Crippen molar-refractivity contribution in [2.24, 2.45) is 5.73 Å². The average Bonchev–Trinajstić information content (AvgIpc) is 2.54. The van der Waals surface area contributed by atoms with Gasteiger partial charge in [0.05, 0.1) is 6.61 Å². The second-order valence-electron chi connectivity index (χ2n) is 3.68. The smallest absolute Gasteiger partial charge is 0.322 e. The van der Waals surface area contributed by atoms with Gasteiger partial charge in [-0.3, -0.25) is 9.69 Å². The highest BCUT2D eigenvalue weighted by Gasteiger charge is 2.36. The number of hydrogen-bond donors (Lipinski definition) is 2. The first-order valence-electron chi connectivity index (χ1n) is 5.02. The molecule has 0 aliphatic carbocycles. The number of carbonyl (C=O) groups is 1. The quantitative estimate of drug-likeness (QED) is 0.345. The molecular weight excluding hydrogens is 218 g/mol. The van der Waals surface area contributed by atoms with Gasteiger partial charge < -0.3 is 15.7 Å². The number of carboxylic acid groups (broad SMARTS) is 1. The van der Waals surface area contributed by atoms with Gasteiger partial charge in [-0.25, -0.2) is 0 Å². The Balaban J connectivity index is 2.31. The van der Waals surface area contributed by atoms with E-state index in [4.69, 9.17) is 10.8 Å². The number of nitrogens with two attached hydrogens (primary N) is 1. The maximum Gasteiger partial charge on any atom is 0.322 e. The zero-order chi connectivity index (χ0) is 12.1. The molecule has 1 rings (SSSR count). The van der Waals surface area contributed by atoms with Crippen molar-refractivity contribution in [3.8, 4) is 0 Å². The van der Waals surface area contributed by atoms with Gasteiger partial charge in [-0.1, -0.05) is 0 Å². The number of likely N-dealkylation sites (tertiary alicyclic amines) is 1. The molecule has 0 spiro atoms. The first-order chi connectivity index (χ1) is 7.52. The highest BCUT2D eigenvalue weighted by atomic mass is 16.9. The van der Waals surface area contributed by atoms with Crippen LogP contribution in [0.2, 0.25) is 0 Å². The fourth-order valence-electron chi connectivity index (χ4n) is 1.88. The average molecular weight is 233 g/mol. The van der Waals surface area contributed by atoms with Gasteiger partial charge in [-0.15, -0.1) is 10.1 Å². The Morgan fingerprint density at radius 3 is 2.94 bits per heavy atom. The lowest BCUT2D eigenvalue weighted by atomic mass is 10.1. The molecule has 8 heteroatoms. The van der Waals surface area contributed by atoms with Gasteiger partial charge in [0.25, 0.3) is 5.09 Å². The van der Waals surface area contributed by atoms with E-state index < -0.39 is 17.1 Å². The monoisotopic (exact) mass is 233 g/mol. The molecule has 0 aromatic heterocycles. The molecule has 1 heterocycles. The maximum atomic E-state index is 10.9. The van der Waals surface area contributed by atoms with Gasteiger partial charge in [-0.2, -0.15) is 0 Å². The molecule has 1 saturated heterocycles. The molecule has 8 nitrogen and oxygen atoms in total. The van der Waals surface area contributed by atoms with Crippen molar-refractivity contribution < 1.29 is 19.8 Å². The predicted molar refractivity (Wildman–Crippen MR) is 53.2 cm³/mol. The molecule has 3 N–H and O–H groups in total. The second-order valence-corrected chi connectivity index (χ2v) is 3.68. The number of rotatable bonds is 6. The Hall–Kier alpha value is -1.41. The van der Waals surface area contributed by atoms with Crippen LogP contribution < -0.4 is 5.73 Å². The zero-order valence-electron chi connectivity index (χ0n) is 8.74. The standard InChI is InChI=1S/C8H15N3O5/c9-6-2-4-10(7(6)8(12)13)3-1-5-16-11(14)15/h6-7H,1-5,9H2,(H,12,13)/t6?,7-/m0/s1. The number of nitrogens with zero attached hydrogens (tertiary/aromatic N) is 2. The van der Waals surface area contributed by atoms with Gasteiger partial charge in [0, 0.05) is 19.1 Å². The van der Waals surface area contributed by atoms with Crippen LogP contribution in [0.5, 0.6) is 0 Å². The van der Waals surface area contributed by atoms with Gasteiger partial charge in [0.1, 0.15) is 6.04 Å². The van der Waals surface area contributed by atoms with E-state index in [9.17, 15) is 14.9 Å². The molecular formula is C8H15N3O5. The van der Waals surface area contributed by atoms with Crippen LogP contribution in [0, 0.1) is 10.1 Å². The van der Waals surface area contributed by atoms with Crippen LogP contribution in [0.15, 0.2) is 0 Å². The van der Waals surface area contributed by atoms with Gasteiger partial charge in [-0.05, 0) is 12.8 Å².